The quantitative estimate of drug-likeness (QED) is 0.813. The zero-order valence-corrected chi connectivity index (χ0v) is 10.8. The average molecular weight is 276 g/mol. The Kier molecular flexibility index (Phi) is 2.23. The molecule has 1 aliphatic heterocycles. The van der Waals surface area contributed by atoms with Gasteiger partial charge < -0.3 is 5.32 Å². The molecular formula is C14H11ClFN3. The van der Waals surface area contributed by atoms with Gasteiger partial charge in [0, 0.05) is 17.6 Å². The van der Waals surface area contributed by atoms with E-state index in [0.717, 1.165) is 18.3 Å². The largest absolute Gasteiger partial charge is 0.303 e. The average Bonchev–Trinajstić information content (AvgIpc) is 3.11. The van der Waals surface area contributed by atoms with Gasteiger partial charge in [-0.15, -0.1) is 0 Å². The lowest BCUT2D eigenvalue weighted by Crippen LogP contribution is -2.19. The number of aromatic nitrogens is 2. The molecule has 5 heteroatoms. The molecule has 0 bridgehead atoms. The summed E-state index contributed by atoms with van der Waals surface area (Å²) in [6.45, 7) is 0.837. The SMILES string of the molecule is Fc1cnc(Cl)nc1-c1ccc2c(c1)CNC21CC1. The zero-order valence-electron chi connectivity index (χ0n) is 10.1. The van der Waals surface area contributed by atoms with Crippen LogP contribution in [0.1, 0.15) is 24.0 Å². The lowest BCUT2D eigenvalue weighted by atomic mass is 9.99. The molecule has 1 N–H and O–H groups in total. The highest BCUT2D eigenvalue weighted by Crippen LogP contribution is 2.50. The molecule has 1 aromatic carbocycles. The first-order valence-electron chi connectivity index (χ1n) is 6.25. The minimum atomic E-state index is -0.448. The number of hydrogen-bond acceptors (Lipinski definition) is 3. The van der Waals surface area contributed by atoms with Crippen LogP contribution in [0.4, 0.5) is 4.39 Å². The molecule has 2 heterocycles. The van der Waals surface area contributed by atoms with Gasteiger partial charge in [0.25, 0.3) is 0 Å². The highest BCUT2D eigenvalue weighted by atomic mass is 35.5. The Labute approximate surface area is 114 Å². The molecule has 0 radical (unpaired) electrons. The molecule has 3 nitrogen and oxygen atoms in total. The Morgan fingerprint density at radius 2 is 2.16 bits per heavy atom. The number of halogens is 2. The van der Waals surface area contributed by atoms with Crippen LogP contribution in [0.3, 0.4) is 0 Å². The Hall–Kier alpha value is -1.52. The van der Waals surface area contributed by atoms with Crippen molar-refractivity contribution in [2.24, 2.45) is 0 Å². The summed E-state index contributed by atoms with van der Waals surface area (Å²) >= 11 is 5.74. The normalized spacial score (nSPS) is 18.6. The summed E-state index contributed by atoms with van der Waals surface area (Å²) in [6, 6.07) is 5.98. The lowest BCUT2D eigenvalue weighted by molar-refractivity contribution is 0.574. The zero-order chi connectivity index (χ0) is 13.0. The van der Waals surface area contributed by atoms with Crippen LogP contribution >= 0.6 is 11.6 Å². The van der Waals surface area contributed by atoms with Gasteiger partial charge in [-0.1, -0.05) is 12.1 Å². The van der Waals surface area contributed by atoms with Gasteiger partial charge in [-0.25, -0.2) is 14.4 Å². The van der Waals surface area contributed by atoms with Crippen LogP contribution < -0.4 is 5.32 Å². The van der Waals surface area contributed by atoms with Crippen molar-refractivity contribution in [2.75, 3.05) is 0 Å². The van der Waals surface area contributed by atoms with E-state index in [4.69, 9.17) is 11.6 Å². The van der Waals surface area contributed by atoms with Gasteiger partial charge in [0.1, 0.15) is 5.69 Å². The summed E-state index contributed by atoms with van der Waals surface area (Å²) in [5, 5.41) is 3.59. The first-order chi connectivity index (χ1) is 9.18. The molecule has 96 valence electrons. The molecule has 2 aromatic rings. The molecule has 0 saturated heterocycles. The Balaban J connectivity index is 1.83. The standard InChI is InChI=1S/C14H11ClFN3/c15-13-17-7-11(16)12(19-13)8-1-2-10-9(5-8)6-18-14(10)3-4-14/h1-2,5,7,18H,3-4,6H2. The number of hydrogen-bond donors (Lipinski definition) is 1. The Morgan fingerprint density at radius 1 is 1.32 bits per heavy atom. The summed E-state index contributed by atoms with van der Waals surface area (Å²) in [5.41, 5.74) is 3.79. The van der Waals surface area contributed by atoms with E-state index in [1.54, 1.807) is 0 Å². The molecule has 19 heavy (non-hydrogen) atoms. The van der Waals surface area contributed by atoms with Crippen molar-refractivity contribution >= 4 is 11.6 Å². The molecule has 0 unspecified atom stereocenters. The highest BCUT2D eigenvalue weighted by Gasteiger charge is 2.48. The van der Waals surface area contributed by atoms with Crippen molar-refractivity contribution in [1.29, 1.82) is 0 Å². The van der Waals surface area contributed by atoms with Crippen LogP contribution in [0.25, 0.3) is 11.3 Å². The molecule has 0 atom stereocenters. The number of fused-ring (bicyclic) bond motifs is 2. The van der Waals surface area contributed by atoms with Crippen LogP contribution in [-0.2, 0) is 12.1 Å². The second-order valence-electron chi connectivity index (χ2n) is 5.14. The maximum Gasteiger partial charge on any atom is 0.223 e. The molecule has 2 aliphatic rings. The maximum absolute atomic E-state index is 13.8. The molecule has 1 fully saturated rings. The van der Waals surface area contributed by atoms with E-state index in [1.165, 1.54) is 24.0 Å². The van der Waals surface area contributed by atoms with E-state index >= 15 is 0 Å². The van der Waals surface area contributed by atoms with Crippen molar-refractivity contribution in [3.8, 4) is 11.3 Å². The van der Waals surface area contributed by atoms with Crippen LogP contribution in [-0.4, -0.2) is 9.97 Å². The van der Waals surface area contributed by atoms with Crippen molar-refractivity contribution in [2.45, 2.75) is 24.9 Å². The van der Waals surface area contributed by atoms with Gasteiger partial charge in [0.15, 0.2) is 5.82 Å². The molecule has 1 saturated carbocycles. The highest BCUT2D eigenvalue weighted by molar-refractivity contribution is 6.28. The van der Waals surface area contributed by atoms with Crippen molar-refractivity contribution in [3.05, 3.63) is 46.6 Å². The molecule has 1 aliphatic carbocycles. The Bertz CT molecular complexity index is 682. The maximum atomic E-state index is 13.8. The molecule has 1 aromatic heterocycles. The van der Waals surface area contributed by atoms with E-state index in [1.807, 2.05) is 12.1 Å². The van der Waals surface area contributed by atoms with Crippen molar-refractivity contribution in [3.63, 3.8) is 0 Å². The molecule has 1 spiro atoms. The fourth-order valence-electron chi connectivity index (χ4n) is 2.83. The summed E-state index contributed by atoms with van der Waals surface area (Å²) in [7, 11) is 0. The van der Waals surface area contributed by atoms with Gasteiger partial charge >= 0.3 is 0 Å². The number of benzene rings is 1. The number of nitrogens with one attached hydrogen (secondary N) is 1. The molecule has 0 amide bonds. The van der Waals surface area contributed by atoms with E-state index in [9.17, 15) is 4.39 Å². The third-order valence-electron chi connectivity index (χ3n) is 3.98. The summed E-state index contributed by atoms with van der Waals surface area (Å²) in [4.78, 5) is 7.62. The Morgan fingerprint density at radius 3 is 2.95 bits per heavy atom. The lowest BCUT2D eigenvalue weighted by Gasteiger charge is -2.09. The van der Waals surface area contributed by atoms with Gasteiger partial charge in [-0.3, -0.25) is 0 Å². The first-order valence-corrected chi connectivity index (χ1v) is 6.63. The number of nitrogens with zero attached hydrogens (tertiary/aromatic N) is 2. The fourth-order valence-corrected chi connectivity index (χ4v) is 2.97. The van der Waals surface area contributed by atoms with Gasteiger partial charge in [-0.2, -0.15) is 0 Å². The van der Waals surface area contributed by atoms with Crippen molar-refractivity contribution < 1.29 is 4.39 Å². The van der Waals surface area contributed by atoms with Gasteiger partial charge in [-0.05, 0) is 41.6 Å². The molecular weight excluding hydrogens is 265 g/mol. The smallest absolute Gasteiger partial charge is 0.223 e. The predicted molar refractivity (Wildman–Crippen MR) is 70.2 cm³/mol. The third-order valence-corrected chi connectivity index (χ3v) is 4.16. The van der Waals surface area contributed by atoms with E-state index in [-0.39, 0.29) is 16.5 Å². The monoisotopic (exact) mass is 275 g/mol. The first kappa shape index (κ1) is 11.3. The van der Waals surface area contributed by atoms with Crippen molar-refractivity contribution in [1.82, 2.24) is 15.3 Å². The second-order valence-corrected chi connectivity index (χ2v) is 5.48. The van der Waals surface area contributed by atoms with Gasteiger partial charge in [0.2, 0.25) is 5.28 Å². The fraction of sp³-hybridized carbons (Fsp3) is 0.286. The second kappa shape index (κ2) is 3.74. The topological polar surface area (TPSA) is 37.8 Å². The summed E-state index contributed by atoms with van der Waals surface area (Å²) in [5.74, 6) is -0.448. The minimum absolute atomic E-state index is 0.0636. The van der Waals surface area contributed by atoms with E-state index in [0.29, 0.717) is 0 Å². The van der Waals surface area contributed by atoms with Crippen LogP contribution in [0.2, 0.25) is 5.28 Å². The van der Waals surface area contributed by atoms with Gasteiger partial charge in [0.05, 0.1) is 6.20 Å². The predicted octanol–water partition coefficient (Wildman–Crippen LogP) is 3.03. The van der Waals surface area contributed by atoms with E-state index < -0.39 is 5.82 Å². The van der Waals surface area contributed by atoms with Crippen LogP contribution in [0.15, 0.2) is 24.4 Å². The molecule has 4 rings (SSSR count). The number of rotatable bonds is 1. The van der Waals surface area contributed by atoms with Crippen LogP contribution in [0, 0.1) is 5.82 Å². The van der Waals surface area contributed by atoms with E-state index in [2.05, 4.69) is 21.4 Å². The third kappa shape index (κ3) is 1.67. The summed E-state index contributed by atoms with van der Waals surface area (Å²) in [6.07, 6.45) is 3.48. The summed E-state index contributed by atoms with van der Waals surface area (Å²) < 4.78 is 13.8. The minimum Gasteiger partial charge on any atom is -0.303 e. The van der Waals surface area contributed by atoms with Crippen LogP contribution in [0.5, 0.6) is 0 Å².